The van der Waals surface area contributed by atoms with Gasteiger partial charge < -0.3 is 0 Å². The van der Waals surface area contributed by atoms with E-state index in [2.05, 4.69) is 0 Å². The van der Waals surface area contributed by atoms with E-state index < -0.39 is 0 Å². The topological polar surface area (TPSA) is 40.6 Å². The highest BCUT2D eigenvalue weighted by Gasteiger charge is 2.40. The van der Waals surface area contributed by atoms with Gasteiger partial charge >= 0.3 is 0 Å². The molecule has 0 bridgehead atoms. The number of rotatable bonds is 2. The molecule has 3 heterocycles. The van der Waals surface area contributed by atoms with Crippen LogP contribution in [0.5, 0.6) is 0 Å². The fourth-order valence-corrected chi connectivity index (χ4v) is 5.26. The van der Waals surface area contributed by atoms with E-state index in [1.54, 1.807) is 16.0 Å². The second kappa shape index (κ2) is 5.79. The van der Waals surface area contributed by atoms with Crippen molar-refractivity contribution < 1.29 is 9.59 Å². The lowest BCUT2D eigenvalue weighted by Crippen LogP contribution is -2.50. The van der Waals surface area contributed by atoms with Gasteiger partial charge in [0.15, 0.2) is 5.11 Å². The van der Waals surface area contributed by atoms with Crippen molar-refractivity contribution in [1.29, 1.82) is 0 Å². The number of fused-ring (bicyclic) bond motifs is 3. The molecular formula is C20H12N2O2S2. The van der Waals surface area contributed by atoms with E-state index in [4.69, 9.17) is 0 Å². The van der Waals surface area contributed by atoms with Gasteiger partial charge in [-0.1, -0.05) is 71.6 Å². The van der Waals surface area contributed by atoms with Crippen LogP contribution in [0.15, 0.2) is 72.9 Å². The van der Waals surface area contributed by atoms with Crippen molar-refractivity contribution in [2.75, 3.05) is 0 Å². The molecule has 0 atom stereocenters. The van der Waals surface area contributed by atoms with E-state index >= 15 is 0 Å². The molecule has 0 aromatic heterocycles. The molecule has 2 aromatic carbocycles. The summed E-state index contributed by atoms with van der Waals surface area (Å²) in [6.45, 7) is 0. The van der Waals surface area contributed by atoms with Crippen LogP contribution in [0.25, 0.3) is 0 Å². The lowest BCUT2D eigenvalue weighted by molar-refractivity contribution is -0.119. The molecule has 2 amide bonds. The van der Waals surface area contributed by atoms with Crippen molar-refractivity contribution in [2.24, 2.45) is 0 Å². The predicted octanol–water partition coefficient (Wildman–Crippen LogP) is 2.32. The monoisotopic (exact) mass is 376 g/mol. The summed E-state index contributed by atoms with van der Waals surface area (Å²) in [7, 11) is 2.79. The summed E-state index contributed by atoms with van der Waals surface area (Å²) in [5.74, 6) is -0.187. The summed E-state index contributed by atoms with van der Waals surface area (Å²) in [6, 6.07) is 19.2. The van der Waals surface area contributed by atoms with E-state index in [0.717, 1.165) is 16.1 Å². The van der Waals surface area contributed by atoms with Gasteiger partial charge in [-0.15, -0.1) is 10.9 Å². The average molecular weight is 376 g/mol. The van der Waals surface area contributed by atoms with Gasteiger partial charge in [-0.2, -0.15) is 0 Å². The molecule has 0 unspecified atom stereocenters. The highest BCUT2D eigenvalue weighted by molar-refractivity contribution is 8.02. The van der Waals surface area contributed by atoms with E-state index in [1.165, 1.54) is 21.9 Å². The smallest absolute Gasteiger partial charge is 0.267 e. The van der Waals surface area contributed by atoms with Gasteiger partial charge in [0.1, 0.15) is 14.7 Å². The molecule has 5 rings (SSSR count). The first kappa shape index (κ1) is 15.3. The fraction of sp³-hybridized carbons (Fsp3) is 0. The van der Waals surface area contributed by atoms with Crippen molar-refractivity contribution in [3.63, 3.8) is 0 Å². The molecular weight excluding hydrogens is 364 g/mol. The number of nitrogens with zero attached hydrogens (tertiary/aromatic N) is 2. The summed E-state index contributed by atoms with van der Waals surface area (Å²) in [5, 5.41) is 0.634. The third kappa shape index (κ3) is 2.20. The Hall–Kier alpha value is -2.96. The van der Waals surface area contributed by atoms with Gasteiger partial charge in [-0.25, -0.2) is 4.90 Å². The third-order valence-electron chi connectivity index (χ3n) is 4.27. The molecule has 0 radical (unpaired) electrons. The summed E-state index contributed by atoms with van der Waals surface area (Å²) in [5.41, 5.74) is 1.76. The van der Waals surface area contributed by atoms with E-state index in [1.807, 2.05) is 66.7 Å². The maximum Gasteiger partial charge on any atom is 0.276 e. The Bertz CT molecular complexity index is 1140. The molecule has 26 heavy (non-hydrogen) atoms. The number of hydrogen-bond acceptors (Lipinski definition) is 2. The molecule has 126 valence electrons. The number of hydrogen-bond donors (Lipinski definition) is 0. The molecule has 3 aliphatic heterocycles. The van der Waals surface area contributed by atoms with E-state index in [9.17, 15) is 9.59 Å². The average Bonchev–Trinajstić information content (AvgIpc) is 3.21. The largest absolute Gasteiger partial charge is 0.276 e. The van der Waals surface area contributed by atoms with E-state index in [0.29, 0.717) is 14.8 Å². The zero-order valence-corrected chi connectivity index (χ0v) is 15.1. The maximum atomic E-state index is 13.1. The zero-order valence-electron chi connectivity index (χ0n) is 13.5. The quantitative estimate of drug-likeness (QED) is 0.755. The van der Waals surface area contributed by atoms with Crippen LogP contribution in [0.2, 0.25) is 0 Å². The second-order valence-electron chi connectivity index (χ2n) is 5.85. The van der Waals surface area contributed by atoms with Crippen molar-refractivity contribution in [3.8, 4) is 0 Å². The van der Waals surface area contributed by atoms with E-state index in [-0.39, 0.29) is 11.8 Å². The number of amides is 2. The number of benzene rings is 2. The molecule has 0 spiro atoms. The highest BCUT2D eigenvalue weighted by atomic mass is 32.1. The van der Waals surface area contributed by atoms with Crippen LogP contribution in [0, 0.1) is 0 Å². The molecule has 0 aliphatic carbocycles. The Balaban J connectivity index is 1.64. The zero-order chi connectivity index (χ0) is 17.7. The Morgan fingerprint density at radius 3 is 1.88 bits per heavy atom. The summed E-state index contributed by atoms with van der Waals surface area (Å²) in [6.07, 6.45) is 3.58. The molecule has 2 aromatic rings. The van der Waals surface area contributed by atoms with Gasteiger partial charge in [-0.3, -0.25) is 14.5 Å². The standard InChI is InChI=1S/C20H12N2O2S2/c23-18-16(13-7-3-1-4-8-13)26-20-21(18)12-11-15-22(20)19(24)17(25-15)14-9-5-2-6-10-14/h1-12H. The molecule has 0 saturated heterocycles. The first-order chi connectivity index (χ1) is 12.7. The van der Waals surface area contributed by atoms with Crippen LogP contribution < -0.4 is 0 Å². The van der Waals surface area contributed by atoms with Gasteiger partial charge in [0, 0.05) is 6.20 Å². The summed E-state index contributed by atoms with van der Waals surface area (Å²) < 4.78 is 0. The van der Waals surface area contributed by atoms with Crippen LogP contribution >= 0.6 is 21.9 Å². The van der Waals surface area contributed by atoms with Crippen molar-refractivity contribution in [3.05, 3.63) is 84.1 Å². The first-order valence-electron chi connectivity index (χ1n) is 8.04. The lowest BCUT2D eigenvalue weighted by Gasteiger charge is -2.28. The van der Waals surface area contributed by atoms with Gasteiger partial charge in [0.2, 0.25) is 0 Å². The van der Waals surface area contributed by atoms with Gasteiger partial charge in [0.05, 0.1) is 0 Å². The summed E-state index contributed by atoms with van der Waals surface area (Å²) >= 11 is 0. The Morgan fingerprint density at radius 2 is 1.27 bits per heavy atom. The van der Waals surface area contributed by atoms with Gasteiger partial charge in [0.25, 0.3) is 11.8 Å². The molecule has 3 aliphatic rings. The van der Waals surface area contributed by atoms with Crippen LogP contribution in [0.1, 0.15) is 11.1 Å². The van der Waals surface area contributed by atoms with Crippen LogP contribution in [0.4, 0.5) is 0 Å². The van der Waals surface area contributed by atoms with Crippen LogP contribution in [0.3, 0.4) is 0 Å². The van der Waals surface area contributed by atoms with Crippen molar-refractivity contribution in [2.45, 2.75) is 0 Å². The fourth-order valence-electron chi connectivity index (χ4n) is 3.03. The molecule has 6 heteroatoms. The van der Waals surface area contributed by atoms with Gasteiger partial charge in [-0.05, 0) is 17.2 Å². The maximum absolute atomic E-state index is 13.1. The minimum atomic E-state index is -0.0996. The SMILES string of the molecule is O=C1C(c2ccccc2)=S=C2N1C=CC1=S=C(c3ccccc3)C(=O)N12. The van der Waals surface area contributed by atoms with Crippen molar-refractivity contribution in [1.82, 2.24) is 9.80 Å². The van der Waals surface area contributed by atoms with Crippen LogP contribution in [-0.4, -0.2) is 41.4 Å². The molecule has 0 saturated carbocycles. The predicted molar refractivity (Wildman–Crippen MR) is 109 cm³/mol. The Kier molecular flexibility index (Phi) is 3.41. The van der Waals surface area contributed by atoms with Crippen molar-refractivity contribution >= 4 is 53.5 Å². The first-order valence-corrected chi connectivity index (χ1v) is 9.68. The second-order valence-corrected chi connectivity index (χ2v) is 7.85. The molecule has 0 N–H and O–H groups in total. The summed E-state index contributed by atoms with van der Waals surface area (Å²) in [4.78, 5) is 31.2. The minimum Gasteiger partial charge on any atom is -0.267 e. The third-order valence-corrected chi connectivity index (χ3v) is 6.58. The Morgan fingerprint density at radius 1 is 0.692 bits per heavy atom. The minimum absolute atomic E-state index is 0.0878. The highest BCUT2D eigenvalue weighted by Crippen LogP contribution is 2.25. The lowest BCUT2D eigenvalue weighted by atomic mass is 10.1. The molecule has 0 fully saturated rings. The Labute approximate surface area is 157 Å². The molecule has 4 nitrogen and oxygen atoms in total. The number of carbonyl (C=O) groups excluding carboxylic acids is 2. The normalized spacial score (nSPS) is 18.2. The van der Waals surface area contributed by atoms with Crippen LogP contribution in [-0.2, 0) is 9.59 Å². The number of carbonyl (C=O) groups is 2.